The molecule has 0 aromatic carbocycles. The Morgan fingerprint density at radius 2 is 1.90 bits per heavy atom. The maximum absolute atomic E-state index is 9.38. The molecule has 1 fully saturated rings. The molecular formula is C23H20N6O. The Morgan fingerprint density at radius 1 is 1.00 bits per heavy atom. The summed E-state index contributed by atoms with van der Waals surface area (Å²) in [4.78, 5) is 11.2. The summed E-state index contributed by atoms with van der Waals surface area (Å²) < 4.78 is 7.71. The lowest BCUT2D eigenvalue weighted by molar-refractivity contribution is 0.164. The van der Waals surface area contributed by atoms with Crippen molar-refractivity contribution in [1.82, 2.24) is 19.6 Å². The molecular weight excluding hydrogens is 376 g/mol. The molecule has 0 aliphatic carbocycles. The molecule has 0 spiro atoms. The average Bonchev–Trinajstić information content (AvgIpc) is 3.24. The van der Waals surface area contributed by atoms with Crippen molar-refractivity contribution in [3.05, 3.63) is 72.8 Å². The zero-order chi connectivity index (χ0) is 20.3. The van der Waals surface area contributed by atoms with Crippen molar-refractivity contribution < 1.29 is 4.74 Å². The smallest absolute Gasteiger partial charge is 0.213 e. The Labute approximate surface area is 174 Å². The van der Waals surface area contributed by atoms with Gasteiger partial charge in [0.15, 0.2) is 0 Å². The van der Waals surface area contributed by atoms with Gasteiger partial charge in [0.1, 0.15) is 18.0 Å². The number of fused-ring (bicyclic) bond motifs is 1. The number of hydrogen-bond acceptors (Lipinski definition) is 6. The summed E-state index contributed by atoms with van der Waals surface area (Å²) in [5.41, 5.74) is 3.29. The fourth-order valence-electron chi connectivity index (χ4n) is 3.88. The van der Waals surface area contributed by atoms with Crippen molar-refractivity contribution in [2.24, 2.45) is 0 Å². The Kier molecular flexibility index (Phi) is 4.74. The van der Waals surface area contributed by atoms with Crippen molar-refractivity contribution in [2.75, 3.05) is 18.0 Å². The van der Waals surface area contributed by atoms with Crippen LogP contribution in [0.15, 0.2) is 67.3 Å². The van der Waals surface area contributed by atoms with Gasteiger partial charge in [-0.05, 0) is 24.3 Å². The number of ether oxygens (including phenoxy) is 1. The van der Waals surface area contributed by atoms with Crippen LogP contribution < -0.4 is 9.64 Å². The second kappa shape index (κ2) is 7.84. The highest BCUT2D eigenvalue weighted by Gasteiger charge is 2.22. The highest BCUT2D eigenvalue weighted by molar-refractivity contribution is 5.84. The normalized spacial score (nSPS) is 14.6. The van der Waals surface area contributed by atoms with Crippen LogP contribution in [0.3, 0.4) is 0 Å². The maximum Gasteiger partial charge on any atom is 0.213 e. The Morgan fingerprint density at radius 3 is 2.63 bits per heavy atom. The topological polar surface area (TPSA) is 79.3 Å². The first kappa shape index (κ1) is 18.1. The maximum atomic E-state index is 9.38. The van der Waals surface area contributed by atoms with Gasteiger partial charge in [-0.3, -0.25) is 0 Å². The minimum absolute atomic E-state index is 0.180. The number of hydrogen-bond donors (Lipinski definition) is 0. The van der Waals surface area contributed by atoms with E-state index in [1.807, 2.05) is 48.8 Å². The number of anilines is 1. The van der Waals surface area contributed by atoms with Crippen LogP contribution in [0.5, 0.6) is 5.88 Å². The average molecular weight is 396 g/mol. The first-order chi connectivity index (χ1) is 14.8. The van der Waals surface area contributed by atoms with Crippen LogP contribution in [0, 0.1) is 11.3 Å². The predicted molar refractivity (Wildman–Crippen MR) is 113 cm³/mol. The number of pyridine rings is 3. The first-order valence-electron chi connectivity index (χ1n) is 9.97. The van der Waals surface area contributed by atoms with E-state index in [1.54, 1.807) is 16.9 Å². The number of piperidine rings is 1. The van der Waals surface area contributed by atoms with E-state index in [2.05, 4.69) is 27.1 Å². The van der Waals surface area contributed by atoms with E-state index < -0.39 is 0 Å². The number of aromatic nitrogens is 4. The van der Waals surface area contributed by atoms with Crippen LogP contribution in [0.1, 0.15) is 18.4 Å². The van der Waals surface area contributed by atoms with Crippen molar-refractivity contribution in [2.45, 2.75) is 18.9 Å². The zero-order valence-corrected chi connectivity index (χ0v) is 16.3. The van der Waals surface area contributed by atoms with Gasteiger partial charge in [0.2, 0.25) is 5.88 Å². The molecule has 1 saturated heterocycles. The number of nitrogens with zero attached hydrogens (tertiary/aromatic N) is 6. The van der Waals surface area contributed by atoms with Gasteiger partial charge >= 0.3 is 0 Å². The second-order valence-corrected chi connectivity index (χ2v) is 7.26. The summed E-state index contributed by atoms with van der Waals surface area (Å²) in [5, 5.41) is 13.6. The van der Waals surface area contributed by atoms with E-state index in [1.165, 1.54) is 0 Å². The van der Waals surface area contributed by atoms with E-state index >= 15 is 0 Å². The summed E-state index contributed by atoms with van der Waals surface area (Å²) in [6.07, 6.45) is 9.10. The molecule has 148 valence electrons. The molecule has 0 radical (unpaired) electrons. The van der Waals surface area contributed by atoms with Crippen LogP contribution in [0.4, 0.5) is 5.82 Å². The lowest BCUT2D eigenvalue weighted by atomic mass is 10.1. The SMILES string of the molecule is N#Cc1cnn2cccc(-c3ccc(N4CCC(Oc5ccccn5)CC4)nc3)c12. The Bertz CT molecular complexity index is 1190. The summed E-state index contributed by atoms with van der Waals surface area (Å²) in [5.74, 6) is 1.64. The summed E-state index contributed by atoms with van der Waals surface area (Å²) >= 11 is 0. The lowest BCUT2D eigenvalue weighted by Gasteiger charge is -2.32. The molecule has 0 N–H and O–H groups in total. The van der Waals surface area contributed by atoms with Gasteiger partial charge in [-0.25, -0.2) is 14.5 Å². The molecule has 0 amide bonds. The van der Waals surface area contributed by atoms with E-state index in [0.717, 1.165) is 48.4 Å². The molecule has 5 heterocycles. The number of rotatable bonds is 4. The fraction of sp³-hybridized carbons (Fsp3) is 0.217. The predicted octanol–water partition coefficient (Wildman–Crippen LogP) is 3.71. The van der Waals surface area contributed by atoms with Gasteiger partial charge < -0.3 is 9.64 Å². The van der Waals surface area contributed by atoms with Crippen molar-refractivity contribution in [3.8, 4) is 23.1 Å². The summed E-state index contributed by atoms with van der Waals surface area (Å²) in [7, 11) is 0. The molecule has 30 heavy (non-hydrogen) atoms. The Hall–Kier alpha value is -3.92. The van der Waals surface area contributed by atoms with Crippen LogP contribution >= 0.6 is 0 Å². The summed E-state index contributed by atoms with van der Waals surface area (Å²) in [6, 6.07) is 16.0. The van der Waals surface area contributed by atoms with E-state index in [9.17, 15) is 5.26 Å². The third kappa shape index (κ3) is 3.44. The summed E-state index contributed by atoms with van der Waals surface area (Å²) in [6.45, 7) is 1.78. The van der Waals surface area contributed by atoms with Crippen LogP contribution in [0.2, 0.25) is 0 Å². The van der Waals surface area contributed by atoms with Gasteiger partial charge in [-0.1, -0.05) is 12.1 Å². The van der Waals surface area contributed by atoms with Gasteiger partial charge in [0, 0.05) is 61.7 Å². The van der Waals surface area contributed by atoms with Gasteiger partial charge in [0.05, 0.1) is 17.3 Å². The third-order valence-corrected chi connectivity index (χ3v) is 5.41. The molecule has 4 aromatic rings. The van der Waals surface area contributed by atoms with Gasteiger partial charge in [-0.15, -0.1) is 0 Å². The third-order valence-electron chi connectivity index (χ3n) is 5.41. The molecule has 1 aliphatic rings. The minimum atomic E-state index is 0.180. The van der Waals surface area contributed by atoms with E-state index in [0.29, 0.717) is 11.4 Å². The highest BCUT2D eigenvalue weighted by atomic mass is 16.5. The fourth-order valence-corrected chi connectivity index (χ4v) is 3.88. The van der Waals surface area contributed by atoms with Crippen molar-refractivity contribution >= 4 is 11.3 Å². The molecule has 0 bridgehead atoms. The van der Waals surface area contributed by atoms with Crippen LogP contribution in [0.25, 0.3) is 16.6 Å². The minimum Gasteiger partial charge on any atom is -0.474 e. The van der Waals surface area contributed by atoms with Crippen LogP contribution in [-0.2, 0) is 0 Å². The molecule has 5 rings (SSSR count). The molecule has 0 saturated carbocycles. The van der Waals surface area contributed by atoms with Crippen LogP contribution in [-0.4, -0.2) is 38.8 Å². The van der Waals surface area contributed by atoms with Gasteiger partial charge in [0.25, 0.3) is 0 Å². The van der Waals surface area contributed by atoms with Crippen molar-refractivity contribution in [3.63, 3.8) is 0 Å². The second-order valence-electron chi connectivity index (χ2n) is 7.26. The van der Waals surface area contributed by atoms with E-state index in [4.69, 9.17) is 9.72 Å². The van der Waals surface area contributed by atoms with Gasteiger partial charge in [-0.2, -0.15) is 10.4 Å². The first-order valence-corrected chi connectivity index (χ1v) is 9.97. The standard InChI is InChI=1S/C23H20N6O/c24-14-18-16-27-29-11-3-4-20(23(18)29)17-6-7-21(26-15-17)28-12-8-19(9-13-28)30-22-5-1-2-10-25-22/h1-7,10-11,15-16,19H,8-9,12-13H2. The van der Waals surface area contributed by atoms with Crippen molar-refractivity contribution in [1.29, 1.82) is 5.26 Å². The molecule has 0 unspecified atom stereocenters. The monoisotopic (exact) mass is 396 g/mol. The molecule has 0 atom stereocenters. The zero-order valence-electron chi connectivity index (χ0n) is 16.3. The quantitative estimate of drug-likeness (QED) is 0.523. The Balaban J connectivity index is 1.30. The van der Waals surface area contributed by atoms with E-state index in [-0.39, 0.29) is 6.10 Å². The highest BCUT2D eigenvalue weighted by Crippen LogP contribution is 2.28. The molecule has 4 aromatic heterocycles. The molecule has 1 aliphatic heterocycles. The lowest BCUT2D eigenvalue weighted by Crippen LogP contribution is -2.38. The molecule has 7 heteroatoms. The molecule has 7 nitrogen and oxygen atoms in total. The largest absolute Gasteiger partial charge is 0.474 e. The number of nitriles is 1.